The Morgan fingerprint density at radius 1 is 1.23 bits per heavy atom. The first-order chi connectivity index (χ1) is 12.5. The summed E-state index contributed by atoms with van der Waals surface area (Å²) < 4.78 is 6.18. The standard InChI is InChI=1S/C19H18BrClN2O3/c20-16-10-14(21)5-8-17(16)26-12-18(24)22-11-13-3-6-15(7-4-13)23-9-1-2-19(23)25/h3-8,10H,1-2,9,11-12H2,(H,22,24). The van der Waals surface area contributed by atoms with Gasteiger partial charge in [0.05, 0.1) is 4.47 Å². The number of amides is 2. The van der Waals surface area contributed by atoms with Crippen LogP contribution in [-0.2, 0) is 16.1 Å². The van der Waals surface area contributed by atoms with E-state index >= 15 is 0 Å². The lowest BCUT2D eigenvalue weighted by atomic mass is 10.2. The average Bonchev–Trinajstić information content (AvgIpc) is 3.05. The number of anilines is 1. The van der Waals surface area contributed by atoms with Crippen LogP contribution in [-0.4, -0.2) is 25.0 Å². The van der Waals surface area contributed by atoms with Crippen LogP contribution in [0.3, 0.4) is 0 Å². The molecule has 2 amide bonds. The van der Waals surface area contributed by atoms with Crippen molar-refractivity contribution >= 4 is 45.0 Å². The van der Waals surface area contributed by atoms with Gasteiger partial charge in [0.15, 0.2) is 6.61 Å². The molecule has 0 atom stereocenters. The van der Waals surface area contributed by atoms with Gasteiger partial charge < -0.3 is 15.0 Å². The molecule has 1 N–H and O–H groups in total. The van der Waals surface area contributed by atoms with Gasteiger partial charge in [-0.25, -0.2) is 0 Å². The van der Waals surface area contributed by atoms with Gasteiger partial charge in [-0.3, -0.25) is 9.59 Å². The molecule has 0 spiro atoms. The van der Waals surface area contributed by atoms with E-state index in [-0.39, 0.29) is 18.4 Å². The van der Waals surface area contributed by atoms with Crippen LogP contribution in [0.5, 0.6) is 5.75 Å². The predicted octanol–water partition coefficient (Wildman–Crippen LogP) is 3.92. The first-order valence-corrected chi connectivity index (χ1v) is 9.44. The van der Waals surface area contributed by atoms with Crippen molar-refractivity contribution in [3.05, 3.63) is 57.5 Å². The molecule has 1 aliphatic heterocycles. The second kappa shape index (κ2) is 8.56. The van der Waals surface area contributed by atoms with Gasteiger partial charge in [-0.05, 0) is 58.2 Å². The van der Waals surface area contributed by atoms with Crippen LogP contribution >= 0.6 is 27.5 Å². The molecular formula is C19H18BrClN2O3. The first-order valence-electron chi connectivity index (χ1n) is 8.27. The highest BCUT2D eigenvalue weighted by molar-refractivity contribution is 9.10. The summed E-state index contributed by atoms with van der Waals surface area (Å²) in [4.78, 5) is 25.5. The Kier molecular flexibility index (Phi) is 6.16. The fourth-order valence-electron chi connectivity index (χ4n) is 2.70. The van der Waals surface area contributed by atoms with Gasteiger partial charge in [0.2, 0.25) is 5.91 Å². The number of nitrogens with zero attached hydrogens (tertiary/aromatic N) is 1. The van der Waals surface area contributed by atoms with Crippen molar-refractivity contribution in [3.63, 3.8) is 0 Å². The molecule has 0 aliphatic carbocycles. The number of hydrogen-bond donors (Lipinski definition) is 1. The molecule has 5 nitrogen and oxygen atoms in total. The number of rotatable bonds is 6. The molecule has 0 bridgehead atoms. The van der Waals surface area contributed by atoms with Crippen molar-refractivity contribution in [1.82, 2.24) is 5.32 Å². The van der Waals surface area contributed by atoms with Gasteiger partial charge in [0.1, 0.15) is 5.75 Å². The van der Waals surface area contributed by atoms with Crippen LogP contribution in [0.4, 0.5) is 5.69 Å². The lowest BCUT2D eigenvalue weighted by Crippen LogP contribution is -2.28. The largest absolute Gasteiger partial charge is 0.483 e. The minimum absolute atomic E-state index is 0.0827. The number of carbonyl (C=O) groups is 2. The molecule has 136 valence electrons. The number of nitrogens with one attached hydrogen (secondary N) is 1. The molecule has 1 fully saturated rings. The van der Waals surface area contributed by atoms with Crippen molar-refractivity contribution in [3.8, 4) is 5.75 Å². The molecule has 7 heteroatoms. The monoisotopic (exact) mass is 436 g/mol. The zero-order valence-electron chi connectivity index (χ0n) is 14.0. The van der Waals surface area contributed by atoms with Crippen molar-refractivity contribution in [1.29, 1.82) is 0 Å². The van der Waals surface area contributed by atoms with Crippen LogP contribution < -0.4 is 15.0 Å². The van der Waals surface area contributed by atoms with E-state index in [0.29, 0.717) is 28.2 Å². The fraction of sp³-hybridized carbons (Fsp3) is 0.263. The maximum Gasteiger partial charge on any atom is 0.258 e. The number of ether oxygens (including phenoxy) is 1. The lowest BCUT2D eigenvalue weighted by Gasteiger charge is -2.16. The van der Waals surface area contributed by atoms with Gasteiger partial charge >= 0.3 is 0 Å². The zero-order valence-corrected chi connectivity index (χ0v) is 16.3. The maximum absolute atomic E-state index is 12.0. The normalized spacial score (nSPS) is 13.8. The van der Waals surface area contributed by atoms with Crippen LogP contribution in [0, 0.1) is 0 Å². The molecule has 1 saturated heterocycles. The van der Waals surface area contributed by atoms with Crippen molar-refractivity contribution in [2.45, 2.75) is 19.4 Å². The smallest absolute Gasteiger partial charge is 0.258 e. The summed E-state index contributed by atoms with van der Waals surface area (Å²) in [7, 11) is 0. The van der Waals surface area contributed by atoms with E-state index in [9.17, 15) is 9.59 Å². The third-order valence-corrected chi connectivity index (χ3v) is 4.92. The van der Waals surface area contributed by atoms with Crippen LogP contribution in [0.1, 0.15) is 18.4 Å². The molecule has 2 aromatic carbocycles. The van der Waals surface area contributed by atoms with Crippen LogP contribution in [0.2, 0.25) is 5.02 Å². The summed E-state index contributed by atoms with van der Waals surface area (Å²) in [6.07, 6.45) is 1.52. The summed E-state index contributed by atoms with van der Waals surface area (Å²) in [5.74, 6) is 0.506. The lowest BCUT2D eigenvalue weighted by molar-refractivity contribution is -0.123. The van der Waals surface area contributed by atoms with E-state index in [0.717, 1.165) is 24.2 Å². The molecule has 0 radical (unpaired) electrons. The number of halogens is 2. The SMILES string of the molecule is O=C(COc1ccc(Cl)cc1Br)NCc1ccc(N2CCCC2=O)cc1. The number of benzene rings is 2. The minimum Gasteiger partial charge on any atom is -0.483 e. The summed E-state index contributed by atoms with van der Waals surface area (Å²) in [5, 5.41) is 3.40. The quantitative estimate of drug-likeness (QED) is 0.745. The summed E-state index contributed by atoms with van der Waals surface area (Å²) in [5.41, 5.74) is 1.86. The van der Waals surface area contributed by atoms with E-state index in [2.05, 4.69) is 21.2 Å². The third kappa shape index (κ3) is 4.77. The van der Waals surface area contributed by atoms with Crippen LogP contribution in [0.25, 0.3) is 0 Å². The molecule has 2 aromatic rings. The average molecular weight is 438 g/mol. The van der Waals surface area contributed by atoms with E-state index in [4.69, 9.17) is 16.3 Å². The predicted molar refractivity (Wildman–Crippen MR) is 105 cm³/mol. The second-order valence-electron chi connectivity index (χ2n) is 5.96. The Morgan fingerprint density at radius 2 is 2.00 bits per heavy atom. The summed E-state index contributed by atoms with van der Waals surface area (Å²) in [6, 6.07) is 12.8. The van der Waals surface area contributed by atoms with Crippen molar-refractivity contribution in [2.24, 2.45) is 0 Å². The Hall–Kier alpha value is -2.05. The molecule has 1 aliphatic rings. The van der Waals surface area contributed by atoms with Gasteiger partial charge in [-0.1, -0.05) is 23.7 Å². The molecule has 1 heterocycles. The summed E-state index contributed by atoms with van der Waals surface area (Å²) in [6.45, 7) is 1.09. The molecular weight excluding hydrogens is 420 g/mol. The van der Waals surface area contributed by atoms with Gasteiger partial charge in [-0.2, -0.15) is 0 Å². The fourth-order valence-corrected chi connectivity index (χ4v) is 3.50. The molecule has 3 rings (SSSR count). The molecule has 0 unspecified atom stereocenters. The third-order valence-electron chi connectivity index (χ3n) is 4.06. The highest BCUT2D eigenvalue weighted by Gasteiger charge is 2.21. The Balaban J connectivity index is 1.47. The number of hydrogen-bond acceptors (Lipinski definition) is 3. The molecule has 26 heavy (non-hydrogen) atoms. The van der Waals surface area contributed by atoms with Gasteiger partial charge in [-0.15, -0.1) is 0 Å². The van der Waals surface area contributed by atoms with E-state index in [1.165, 1.54) is 0 Å². The second-order valence-corrected chi connectivity index (χ2v) is 7.25. The maximum atomic E-state index is 12.0. The Morgan fingerprint density at radius 3 is 2.65 bits per heavy atom. The topological polar surface area (TPSA) is 58.6 Å². The molecule has 0 aromatic heterocycles. The van der Waals surface area contributed by atoms with E-state index < -0.39 is 0 Å². The van der Waals surface area contributed by atoms with Gasteiger partial charge in [0, 0.05) is 30.2 Å². The van der Waals surface area contributed by atoms with Crippen LogP contribution in [0.15, 0.2) is 46.9 Å². The van der Waals surface area contributed by atoms with E-state index in [1.807, 2.05) is 24.3 Å². The molecule has 0 saturated carbocycles. The number of carbonyl (C=O) groups excluding carboxylic acids is 2. The Bertz CT molecular complexity index is 811. The zero-order chi connectivity index (χ0) is 18.5. The van der Waals surface area contributed by atoms with Crippen molar-refractivity contribution in [2.75, 3.05) is 18.1 Å². The first kappa shape index (κ1) is 18.7. The summed E-state index contributed by atoms with van der Waals surface area (Å²) >= 11 is 9.21. The minimum atomic E-state index is -0.217. The Labute approximate surface area is 165 Å². The highest BCUT2D eigenvalue weighted by Crippen LogP contribution is 2.27. The highest BCUT2D eigenvalue weighted by atomic mass is 79.9. The van der Waals surface area contributed by atoms with Gasteiger partial charge in [0.25, 0.3) is 5.91 Å². The van der Waals surface area contributed by atoms with Crippen molar-refractivity contribution < 1.29 is 14.3 Å². The van der Waals surface area contributed by atoms with E-state index in [1.54, 1.807) is 23.1 Å².